The van der Waals surface area contributed by atoms with Gasteiger partial charge in [-0.25, -0.2) is 19.4 Å². The van der Waals surface area contributed by atoms with Crippen molar-refractivity contribution >= 4 is 39.9 Å². The van der Waals surface area contributed by atoms with Crippen LogP contribution in [0.25, 0.3) is 16.5 Å². The van der Waals surface area contributed by atoms with Crippen molar-refractivity contribution in [2.24, 2.45) is 0 Å². The molecule has 0 unspecified atom stereocenters. The topological polar surface area (TPSA) is 119 Å². The van der Waals surface area contributed by atoms with Crippen LogP contribution in [0.2, 0.25) is 0 Å². The summed E-state index contributed by atoms with van der Waals surface area (Å²) in [6.45, 7) is 12.7. The molecule has 48 heavy (non-hydrogen) atoms. The highest BCUT2D eigenvalue weighted by atomic mass is 16.5. The largest absolute Gasteiger partial charge is 0.488 e. The SMILES string of the molecule is CCc1ncc(Nc2cc(COc3ccc(NC(=O)Nc4cc(C(C)(C)C)nn4-c4ccc(C)cc4)c4ccccc34)ccn2)nc1C. The van der Waals surface area contributed by atoms with Gasteiger partial charge in [-0.1, -0.05) is 69.7 Å². The number of rotatable bonds is 9. The summed E-state index contributed by atoms with van der Waals surface area (Å²) in [7, 11) is 0. The molecule has 10 heteroatoms. The normalized spacial score (nSPS) is 11.4. The van der Waals surface area contributed by atoms with Gasteiger partial charge < -0.3 is 15.4 Å². The van der Waals surface area contributed by atoms with E-state index in [0.717, 1.165) is 51.1 Å². The molecule has 3 N–H and O–H groups in total. The van der Waals surface area contributed by atoms with Crippen LogP contribution in [0.4, 0.5) is 27.9 Å². The first kappa shape index (κ1) is 32.2. The zero-order valence-electron chi connectivity index (χ0n) is 28.1. The lowest BCUT2D eigenvalue weighted by Crippen LogP contribution is -2.21. The number of ether oxygens (including phenoxy) is 1. The van der Waals surface area contributed by atoms with Gasteiger partial charge in [0.2, 0.25) is 0 Å². The lowest BCUT2D eigenvalue weighted by atomic mass is 9.92. The average molecular weight is 641 g/mol. The molecule has 6 rings (SSSR count). The molecule has 3 aromatic carbocycles. The summed E-state index contributed by atoms with van der Waals surface area (Å²) >= 11 is 0. The third-order valence-corrected chi connectivity index (χ3v) is 7.99. The molecule has 10 nitrogen and oxygen atoms in total. The van der Waals surface area contributed by atoms with Crippen LogP contribution in [0.1, 0.15) is 55.9 Å². The second-order valence-electron chi connectivity index (χ2n) is 12.8. The maximum absolute atomic E-state index is 13.4. The molecule has 2 amide bonds. The number of urea groups is 1. The summed E-state index contributed by atoms with van der Waals surface area (Å²) in [6, 6.07) is 25.0. The molecule has 244 valence electrons. The predicted molar refractivity (Wildman–Crippen MR) is 192 cm³/mol. The Labute approximate surface area is 280 Å². The van der Waals surface area contributed by atoms with Crippen molar-refractivity contribution in [3.05, 3.63) is 119 Å². The number of fused-ring (bicyclic) bond motifs is 1. The summed E-state index contributed by atoms with van der Waals surface area (Å²) in [4.78, 5) is 26.9. The number of hydrogen-bond donors (Lipinski definition) is 3. The Hall–Kier alpha value is -5.77. The van der Waals surface area contributed by atoms with Crippen molar-refractivity contribution in [2.75, 3.05) is 16.0 Å². The highest BCUT2D eigenvalue weighted by Crippen LogP contribution is 2.33. The second-order valence-corrected chi connectivity index (χ2v) is 12.8. The van der Waals surface area contributed by atoms with Crippen LogP contribution in [-0.4, -0.2) is 30.8 Å². The monoisotopic (exact) mass is 640 g/mol. The maximum Gasteiger partial charge on any atom is 0.324 e. The van der Waals surface area contributed by atoms with Crippen LogP contribution in [0.5, 0.6) is 5.75 Å². The van der Waals surface area contributed by atoms with Gasteiger partial charge in [-0.2, -0.15) is 5.10 Å². The molecular weight excluding hydrogens is 600 g/mol. The standard InChI is InChI=1S/C38H40N8O2/c1-7-30-25(3)41-35(22-40-30)43-34-20-26(18-19-39-34)23-48-32-17-16-31(28-10-8-9-11-29(28)32)42-37(47)44-36-21-33(38(4,5)6)45-46(36)27-14-12-24(2)13-15-27/h8-22H,7,23H2,1-6H3,(H,39,41,43)(H2,42,44,47). The van der Waals surface area contributed by atoms with Crippen LogP contribution in [-0.2, 0) is 18.4 Å². The Morgan fingerprint density at radius 3 is 2.38 bits per heavy atom. The van der Waals surface area contributed by atoms with E-state index in [1.54, 1.807) is 17.1 Å². The van der Waals surface area contributed by atoms with E-state index in [9.17, 15) is 4.79 Å². The molecule has 6 aromatic rings. The van der Waals surface area contributed by atoms with Crippen molar-refractivity contribution in [3.8, 4) is 11.4 Å². The second kappa shape index (κ2) is 13.5. The average Bonchev–Trinajstić information content (AvgIpc) is 3.49. The van der Waals surface area contributed by atoms with Gasteiger partial charge in [-0.3, -0.25) is 10.3 Å². The first-order valence-electron chi connectivity index (χ1n) is 16.0. The highest BCUT2D eigenvalue weighted by Gasteiger charge is 2.22. The predicted octanol–water partition coefficient (Wildman–Crippen LogP) is 8.65. The lowest BCUT2D eigenvalue weighted by molar-refractivity contribution is 0.262. The summed E-state index contributed by atoms with van der Waals surface area (Å²) in [5.74, 6) is 2.58. The number of nitrogens with one attached hydrogen (secondary N) is 3. The number of amides is 2. The number of hydrogen-bond acceptors (Lipinski definition) is 7. The Bertz CT molecular complexity index is 2080. The minimum absolute atomic E-state index is 0.197. The molecule has 3 heterocycles. The van der Waals surface area contributed by atoms with Gasteiger partial charge in [0.25, 0.3) is 0 Å². The van der Waals surface area contributed by atoms with Crippen molar-refractivity contribution in [1.29, 1.82) is 0 Å². The van der Waals surface area contributed by atoms with E-state index in [1.165, 1.54) is 0 Å². The molecule has 3 aromatic heterocycles. The molecular formula is C38H40N8O2. The van der Waals surface area contributed by atoms with E-state index in [2.05, 4.69) is 58.6 Å². The van der Waals surface area contributed by atoms with E-state index in [1.807, 2.05) is 92.7 Å². The Morgan fingerprint density at radius 2 is 1.65 bits per heavy atom. The van der Waals surface area contributed by atoms with Crippen LogP contribution >= 0.6 is 0 Å². The van der Waals surface area contributed by atoms with E-state index >= 15 is 0 Å². The highest BCUT2D eigenvalue weighted by molar-refractivity contribution is 6.07. The fourth-order valence-electron chi connectivity index (χ4n) is 5.33. The van der Waals surface area contributed by atoms with Crippen molar-refractivity contribution in [3.63, 3.8) is 0 Å². The molecule has 0 aliphatic heterocycles. The molecule has 0 spiro atoms. The number of aromatic nitrogens is 5. The number of carbonyl (C=O) groups excluding carboxylic acids is 1. The van der Waals surface area contributed by atoms with E-state index in [0.29, 0.717) is 35.5 Å². The lowest BCUT2D eigenvalue weighted by Gasteiger charge is -2.15. The molecule has 0 saturated carbocycles. The molecule has 0 aliphatic carbocycles. The van der Waals surface area contributed by atoms with Crippen LogP contribution in [0, 0.1) is 13.8 Å². The van der Waals surface area contributed by atoms with Gasteiger partial charge in [-0.15, -0.1) is 0 Å². The van der Waals surface area contributed by atoms with Gasteiger partial charge in [-0.05, 0) is 62.2 Å². The number of nitrogens with zero attached hydrogens (tertiary/aromatic N) is 5. The molecule has 0 bridgehead atoms. The number of benzene rings is 3. The van der Waals surface area contributed by atoms with Crippen LogP contribution < -0.4 is 20.7 Å². The first-order chi connectivity index (χ1) is 23.1. The third kappa shape index (κ3) is 7.28. The van der Waals surface area contributed by atoms with Gasteiger partial charge in [0.05, 0.1) is 34.7 Å². The smallest absolute Gasteiger partial charge is 0.324 e. The fraction of sp³-hybridized carbons (Fsp3) is 0.237. The van der Waals surface area contributed by atoms with Crippen LogP contribution in [0.15, 0.2) is 91.3 Å². The van der Waals surface area contributed by atoms with Crippen molar-refractivity contribution in [2.45, 2.75) is 60.0 Å². The number of pyridine rings is 1. The molecule has 0 aliphatic rings. The molecule has 0 atom stereocenters. The van der Waals surface area contributed by atoms with Gasteiger partial charge in [0, 0.05) is 28.5 Å². The number of aryl methyl sites for hydroxylation is 3. The van der Waals surface area contributed by atoms with Gasteiger partial charge in [0.1, 0.15) is 29.8 Å². The fourth-order valence-corrected chi connectivity index (χ4v) is 5.33. The zero-order valence-corrected chi connectivity index (χ0v) is 28.1. The third-order valence-electron chi connectivity index (χ3n) is 7.99. The Balaban J connectivity index is 1.18. The maximum atomic E-state index is 13.4. The quantitative estimate of drug-likeness (QED) is 0.145. The molecule has 0 saturated heterocycles. The summed E-state index contributed by atoms with van der Waals surface area (Å²) < 4.78 is 8.07. The van der Waals surface area contributed by atoms with Gasteiger partial charge >= 0.3 is 6.03 Å². The van der Waals surface area contributed by atoms with Gasteiger partial charge in [0.15, 0.2) is 0 Å². The van der Waals surface area contributed by atoms with E-state index < -0.39 is 0 Å². The minimum Gasteiger partial charge on any atom is -0.488 e. The van der Waals surface area contributed by atoms with Crippen LogP contribution in [0.3, 0.4) is 0 Å². The number of anilines is 4. The zero-order chi connectivity index (χ0) is 33.8. The summed E-state index contributed by atoms with van der Waals surface area (Å²) in [5, 5.41) is 15.9. The molecule has 0 radical (unpaired) electrons. The Kier molecular flexibility index (Phi) is 9.07. The Morgan fingerprint density at radius 1 is 0.875 bits per heavy atom. The molecule has 0 fully saturated rings. The summed E-state index contributed by atoms with van der Waals surface area (Å²) in [6.07, 6.45) is 4.30. The van der Waals surface area contributed by atoms with Crippen molar-refractivity contribution < 1.29 is 9.53 Å². The van der Waals surface area contributed by atoms with E-state index in [4.69, 9.17) is 9.84 Å². The summed E-state index contributed by atoms with van der Waals surface area (Å²) in [5.41, 5.74) is 6.16. The van der Waals surface area contributed by atoms with E-state index in [-0.39, 0.29) is 11.4 Å². The number of carbonyl (C=O) groups is 1. The minimum atomic E-state index is -0.372. The first-order valence-corrected chi connectivity index (χ1v) is 16.0. The van der Waals surface area contributed by atoms with Crippen molar-refractivity contribution in [1.82, 2.24) is 24.7 Å².